The molecule has 1 aromatic carbocycles. The van der Waals surface area contributed by atoms with E-state index in [1.165, 1.54) is 38.6 Å². The average Bonchev–Trinajstić information content (AvgIpc) is 2.60. The Bertz CT molecular complexity index is 727. The van der Waals surface area contributed by atoms with Crippen LogP contribution in [0.1, 0.15) is 49.7 Å². The third-order valence-corrected chi connectivity index (χ3v) is 8.45. The van der Waals surface area contributed by atoms with Crippen LogP contribution in [0, 0.1) is 18.8 Å². The van der Waals surface area contributed by atoms with E-state index in [0.717, 1.165) is 36.6 Å². The largest absolute Gasteiger partial charge is 0.299 e. The highest BCUT2D eigenvalue weighted by molar-refractivity contribution is 7.88. The van der Waals surface area contributed by atoms with Crippen molar-refractivity contribution in [2.45, 2.75) is 57.2 Å². The molecule has 0 amide bonds. The van der Waals surface area contributed by atoms with E-state index in [0.29, 0.717) is 18.5 Å². The van der Waals surface area contributed by atoms with E-state index < -0.39 is 10.0 Å². The van der Waals surface area contributed by atoms with Crippen LogP contribution >= 0.6 is 0 Å². The Balaban J connectivity index is 1.31. The first-order valence-electron chi connectivity index (χ1n) is 10.3. The highest BCUT2D eigenvalue weighted by Crippen LogP contribution is 2.36. The number of aryl methyl sites for hydroxylation is 1. The molecular formula is C21H32N2O2S. The number of fused-ring (bicyclic) bond motifs is 1. The van der Waals surface area contributed by atoms with Gasteiger partial charge in [-0.25, -0.2) is 12.7 Å². The molecule has 2 atom stereocenters. The first-order valence-corrected chi connectivity index (χ1v) is 11.9. The Labute approximate surface area is 158 Å². The molecule has 4 rings (SSSR count). The molecular weight excluding hydrogens is 344 g/mol. The van der Waals surface area contributed by atoms with Crippen molar-refractivity contribution in [2.24, 2.45) is 11.8 Å². The van der Waals surface area contributed by atoms with Crippen molar-refractivity contribution >= 4 is 10.0 Å². The fraction of sp³-hybridized carbons (Fsp3) is 0.714. The monoisotopic (exact) mass is 376 g/mol. The van der Waals surface area contributed by atoms with Crippen molar-refractivity contribution in [3.63, 3.8) is 0 Å². The molecule has 2 aliphatic heterocycles. The van der Waals surface area contributed by atoms with Crippen LogP contribution in [0.2, 0.25) is 0 Å². The highest BCUT2D eigenvalue weighted by Gasteiger charge is 2.45. The van der Waals surface area contributed by atoms with Gasteiger partial charge in [0.2, 0.25) is 10.0 Å². The second kappa shape index (κ2) is 7.61. The molecule has 144 valence electrons. The van der Waals surface area contributed by atoms with Crippen molar-refractivity contribution in [2.75, 3.05) is 26.2 Å². The smallest absolute Gasteiger partial charge is 0.218 e. The summed E-state index contributed by atoms with van der Waals surface area (Å²) >= 11 is 0. The van der Waals surface area contributed by atoms with Gasteiger partial charge in [0.1, 0.15) is 0 Å². The minimum atomic E-state index is -3.21. The van der Waals surface area contributed by atoms with Crippen LogP contribution in [-0.4, -0.2) is 49.8 Å². The van der Waals surface area contributed by atoms with E-state index in [9.17, 15) is 8.42 Å². The van der Waals surface area contributed by atoms with Crippen molar-refractivity contribution in [3.8, 4) is 0 Å². The van der Waals surface area contributed by atoms with Crippen LogP contribution in [0.3, 0.4) is 0 Å². The molecule has 0 N–H and O–H groups in total. The summed E-state index contributed by atoms with van der Waals surface area (Å²) in [7, 11) is -3.21. The molecule has 1 saturated carbocycles. The van der Waals surface area contributed by atoms with Crippen LogP contribution in [-0.2, 0) is 15.8 Å². The number of hydrogen-bond donors (Lipinski definition) is 0. The van der Waals surface area contributed by atoms with Gasteiger partial charge < -0.3 is 0 Å². The van der Waals surface area contributed by atoms with E-state index in [4.69, 9.17) is 0 Å². The van der Waals surface area contributed by atoms with Crippen LogP contribution in [0.5, 0.6) is 0 Å². The van der Waals surface area contributed by atoms with Gasteiger partial charge in [0.15, 0.2) is 0 Å². The molecule has 0 spiro atoms. The number of hydrogen-bond acceptors (Lipinski definition) is 3. The van der Waals surface area contributed by atoms with Crippen LogP contribution in [0.25, 0.3) is 0 Å². The van der Waals surface area contributed by atoms with Crippen LogP contribution in [0.15, 0.2) is 24.3 Å². The number of rotatable bonds is 5. The molecule has 0 aromatic heterocycles. The predicted molar refractivity (Wildman–Crippen MR) is 105 cm³/mol. The predicted octanol–water partition coefficient (Wildman–Crippen LogP) is 3.41. The Morgan fingerprint density at radius 3 is 2.62 bits per heavy atom. The molecule has 0 unspecified atom stereocenters. The fourth-order valence-corrected chi connectivity index (χ4v) is 6.80. The topological polar surface area (TPSA) is 40.6 Å². The summed E-state index contributed by atoms with van der Waals surface area (Å²) in [6.07, 6.45) is 8.01. The van der Waals surface area contributed by atoms with Crippen molar-refractivity contribution in [1.82, 2.24) is 9.21 Å². The zero-order chi connectivity index (χ0) is 18.1. The Morgan fingerprint density at radius 1 is 1.08 bits per heavy atom. The average molecular weight is 377 g/mol. The Kier molecular flexibility index (Phi) is 5.40. The van der Waals surface area contributed by atoms with Crippen LogP contribution in [0.4, 0.5) is 0 Å². The van der Waals surface area contributed by atoms with Crippen molar-refractivity contribution in [1.29, 1.82) is 0 Å². The second-order valence-corrected chi connectivity index (χ2v) is 10.6. The van der Waals surface area contributed by atoms with E-state index in [1.54, 1.807) is 4.31 Å². The number of sulfonamides is 1. The maximum atomic E-state index is 12.9. The summed E-state index contributed by atoms with van der Waals surface area (Å²) in [5, 5.41) is 0. The zero-order valence-electron chi connectivity index (χ0n) is 15.9. The highest BCUT2D eigenvalue weighted by atomic mass is 32.2. The lowest BCUT2D eigenvalue weighted by Crippen LogP contribution is -2.64. The maximum Gasteiger partial charge on any atom is 0.218 e. The summed E-state index contributed by atoms with van der Waals surface area (Å²) in [4.78, 5) is 2.64. The van der Waals surface area contributed by atoms with Gasteiger partial charge in [-0.1, -0.05) is 49.1 Å². The van der Waals surface area contributed by atoms with Gasteiger partial charge >= 0.3 is 0 Å². The van der Waals surface area contributed by atoms with Crippen molar-refractivity contribution in [3.05, 3.63) is 35.4 Å². The first-order chi connectivity index (χ1) is 12.5. The van der Waals surface area contributed by atoms with E-state index in [2.05, 4.69) is 4.90 Å². The number of benzene rings is 1. The third-order valence-electron chi connectivity index (χ3n) is 6.64. The molecule has 1 aromatic rings. The molecule has 0 bridgehead atoms. The molecule has 2 heterocycles. The summed E-state index contributed by atoms with van der Waals surface area (Å²) < 4.78 is 27.5. The van der Waals surface area contributed by atoms with Crippen LogP contribution < -0.4 is 0 Å². The summed E-state index contributed by atoms with van der Waals surface area (Å²) in [5.74, 6) is 1.56. The normalized spacial score (nSPS) is 28.5. The number of nitrogens with zero attached hydrogens (tertiary/aromatic N) is 2. The SMILES string of the molecule is Cc1cccc(CS(=O)(=O)N2CC[C@@H]3[C@@H](CN3CC3CCCCC3)C2)c1. The summed E-state index contributed by atoms with van der Waals surface area (Å²) in [6.45, 7) is 5.77. The quantitative estimate of drug-likeness (QED) is 0.791. The number of likely N-dealkylation sites (tertiary alicyclic amines) is 1. The lowest BCUT2D eigenvalue weighted by molar-refractivity contribution is -0.0370. The number of piperidine rings is 1. The molecule has 26 heavy (non-hydrogen) atoms. The van der Waals surface area contributed by atoms with E-state index >= 15 is 0 Å². The molecule has 0 radical (unpaired) electrons. The molecule has 3 fully saturated rings. The van der Waals surface area contributed by atoms with Gasteiger partial charge in [0.05, 0.1) is 5.75 Å². The van der Waals surface area contributed by atoms with E-state index in [1.807, 2.05) is 31.2 Å². The van der Waals surface area contributed by atoms with Gasteiger partial charge in [-0.05, 0) is 37.7 Å². The second-order valence-electron chi connectivity index (χ2n) is 8.68. The first kappa shape index (κ1) is 18.5. The van der Waals surface area contributed by atoms with E-state index in [-0.39, 0.29) is 5.75 Å². The molecule has 4 nitrogen and oxygen atoms in total. The lowest BCUT2D eigenvalue weighted by atomic mass is 9.81. The lowest BCUT2D eigenvalue weighted by Gasteiger charge is -2.54. The zero-order valence-corrected chi connectivity index (χ0v) is 16.8. The molecule has 2 saturated heterocycles. The molecule has 3 aliphatic rings. The minimum Gasteiger partial charge on any atom is -0.299 e. The van der Waals surface area contributed by atoms with Gasteiger partial charge in [0.25, 0.3) is 0 Å². The standard InChI is InChI=1S/C21H32N2O2S/c1-17-6-5-9-19(12-17)16-26(24,25)23-11-10-21-20(15-23)14-22(21)13-18-7-3-2-4-8-18/h5-6,9,12,18,20-21H,2-4,7-8,10-11,13-16H2,1H3/t20-,21+/m0/s1. The van der Waals surface area contributed by atoms with Gasteiger partial charge in [0, 0.05) is 38.1 Å². The Morgan fingerprint density at radius 2 is 1.88 bits per heavy atom. The fourth-order valence-electron chi connectivity index (χ4n) is 5.21. The molecule has 5 heteroatoms. The van der Waals surface area contributed by atoms with Gasteiger partial charge in [-0.3, -0.25) is 4.90 Å². The van der Waals surface area contributed by atoms with Gasteiger partial charge in [-0.15, -0.1) is 0 Å². The summed E-state index contributed by atoms with van der Waals surface area (Å²) in [6, 6.07) is 8.49. The summed E-state index contributed by atoms with van der Waals surface area (Å²) in [5.41, 5.74) is 2.02. The Hall–Kier alpha value is -0.910. The third kappa shape index (κ3) is 4.00. The minimum absolute atomic E-state index is 0.137. The maximum absolute atomic E-state index is 12.9. The molecule has 1 aliphatic carbocycles. The van der Waals surface area contributed by atoms with Crippen molar-refractivity contribution < 1.29 is 8.42 Å². The van der Waals surface area contributed by atoms with Gasteiger partial charge in [-0.2, -0.15) is 0 Å².